The third-order valence-electron chi connectivity index (χ3n) is 2.83. The Labute approximate surface area is 138 Å². The normalized spacial score (nSPS) is 12.5. The van der Waals surface area contributed by atoms with Gasteiger partial charge in [0.05, 0.1) is 4.47 Å². The molecule has 0 aliphatic rings. The molecule has 0 aliphatic carbocycles. The minimum absolute atomic E-state index is 0.219. The van der Waals surface area contributed by atoms with E-state index in [-0.39, 0.29) is 11.9 Å². The number of hydrogen-bond donors (Lipinski definition) is 1. The summed E-state index contributed by atoms with van der Waals surface area (Å²) >= 11 is 11.5. The first-order valence-corrected chi connectivity index (χ1v) is 7.87. The molecular weight excluding hydrogens is 443 g/mol. The molecule has 0 aromatic heterocycles. The summed E-state index contributed by atoms with van der Waals surface area (Å²) in [6, 6.07) is 10.4. The average Bonchev–Trinajstić information content (AvgIpc) is 2.38. The summed E-state index contributed by atoms with van der Waals surface area (Å²) < 4.78 is 15.0. The van der Waals surface area contributed by atoms with Gasteiger partial charge in [0, 0.05) is 14.6 Å². The van der Waals surface area contributed by atoms with Gasteiger partial charge in [-0.1, -0.05) is 23.7 Å². The monoisotopic (exact) mass is 453 g/mol. The van der Waals surface area contributed by atoms with Crippen molar-refractivity contribution in [3.05, 3.63) is 66.4 Å². The standard InChI is InChI=1S/C14H11BrClFIN/c15-14-8(2-1-3-11(14)17)6-13(19)10-7-9(16)4-5-12(10)18/h1-5,7,13H,6,19H2. The third kappa shape index (κ3) is 3.68. The summed E-state index contributed by atoms with van der Waals surface area (Å²) in [5.41, 5.74) is 8.04. The molecule has 2 rings (SSSR count). The van der Waals surface area contributed by atoms with Crippen LogP contribution in [-0.2, 0) is 6.42 Å². The van der Waals surface area contributed by atoms with Crippen LogP contribution in [0.1, 0.15) is 17.2 Å². The van der Waals surface area contributed by atoms with E-state index in [0.29, 0.717) is 15.9 Å². The molecule has 0 saturated heterocycles. The van der Waals surface area contributed by atoms with Gasteiger partial charge >= 0.3 is 0 Å². The largest absolute Gasteiger partial charge is 0.324 e. The van der Waals surface area contributed by atoms with E-state index >= 15 is 0 Å². The van der Waals surface area contributed by atoms with Crippen molar-refractivity contribution in [2.24, 2.45) is 5.73 Å². The van der Waals surface area contributed by atoms with Gasteiger partial charge in [0.25, 0.3) is 0 Å². The number of halogens is 4. The SMILES string of the molecule is NC(Cc1cccc(F)c1Br)c1cc(Cl)ccc1I. The Hall–Kier alpha value is -0.170. The molecule has 0 aliphatic heterocycles. The van der Waals surface area contributed by atoms with E-state index < -0.39 is 0 Å². The van der Waals surface area contributed by atoms with Crippen LogP contribution in [0.15, 0.2) is 40.9 Å². The van der Waals surface area contributed by atoms with Gasteiger partial charge in [0.1, 0.15) is 5.82 Å². The second-order valence-electron chi connectivity index (χ2n) is 4.19. The molecule has 0 spiro atoms. The summed E-state index contributed by atoms with van der Waals surface area (Å²) in [7, 11) is 0. The fourth-order valence-corrected chi connectivity index (χ4v) is 3.19. The molecule has 5 heteroatoms. The maximum atomic E-state index is 13.5. The fourth-order valence-electron chi connectivity index (χ4n) is 1.85. The van der Waals surface area contributed by atoms with E-state index in [1.807, 2.05) is 24.3 Å². The number of hydrogen-bond acceptors (Lipinski definition) is 1. The first-order chi connectivity index (χ1) is 8.99. The van der Waals surface area contributed by atoms with Crippen LogP contribution in [0.3, 0.4) is 0 Å². The van der Waals surface area contributed by atoms with Crippen LogP contribution in [0.5, 0.6) is 0 Å². The summed E-state index contributed by atoms with van der Waals surface area (Å²) in [5.74, 6) is -0.273. The van der Waals surface area contributed by atoms with Crippen LogP contribution < -0.4 is 5.73 Å². The predicted molar refractivity (Wildman–Crippen MR) is 88.9 cm³/mol. The second-order valence-corrected chi connectivity index (χ2v) is 6.58. The van der Waals surface area contributed by atoms with Crippen molar-refractivity contribution >= 4 is 50.1 Å². The summed E-state index contributed by atoms with van der Waals surface area (Å²) in [6.07, 6.45) is 0.550. The Balaban J connectivity index is 2.28. The fraction of sp³-hybridized carbons (Fsp3) is 0.143. The van der Waals surface area contributed by atoms with E-state index in [1.54, 1.807) is 6.07 Å². The Kier molecular flexibility index (Phi) is 5.22. The van der Waals surface area contributed by atoms with Gasteiger partial charge in [-0.15, -0.1) is 0 Å². The van der Waals surface area contributed by atoms with Crippen LogP contribution >= 0.6 is 50.1 Å². The highest BCUT2D eigenvalue weighted by Crippen LogP contribution is 2.28. The molecular formula is C14H11BrClFIN. The molecule has 1 nitrogen and oxygen atoms in total. The zero-order valence-corrected chi connectivity index (χ0v) is 14.3. The van der Waals surface area contributed by atoms with Crippen molar-refractivity contribution in [1.82, 2.24) is 0 Å². The van der Waals surface area contributed by atoms with Crippen molar-refractivity contribution < 1.29 is 4.39 Å². The summed E-state index contributed by atoms with van der Waals surface area (Å²) in [4.78, 5) is 0. The lowest BCUT2D eigenvalue weighted by Crippen LogP contribution is -2.15. The highest BCUT2D eigenvalue weighted by atomic mass is 127. The first kappa shape index (κ1) is 15.2. The van der Waals surface area contributed by atoms with E-state index in [0.717, 1.165) is 14.7 Å². The van der Waals surface area contributed by atoms with Crippen LogP contribution in [-0.4, -0.2) is 0 Å². The van der Waals surface area contributed by atoms with Gasteiger partial charge in [-0.05, 0) is 80.3 Å². The van der Waals surface area contributed by atoms with E-state index in [4.69, 9.17) is 17.3 Å². The van der Waals surface area contributed by atoms with Gasteiger partial charge in [-0.2, -0.15) is 0 Å². The van der Waals surface area contributed by atoms with Gasteiger partial charge in [0.2, 0.25) is 0 Å². The van der Waals surface area contributed by atoms with Crippen molar-refractivity contribution in [1.29, 1.82) is 0 Å². The molecule has 2 N–H and O–H groups in total. The minimum Gasteiger partial charge on any atom is -0.324 e. The Morgan fingerprint density at radius 3 is 2.79 bits per heavy atom. The molecule has 1 atom stereocenters. The van der Waals surface area contributed by atoms with Crippen molar-refractivity contribution in [2.45, 2.75) is 12.5 Å². The molecule has 19 heavy (non-hydrogen) atoms. The van der Waals surface area contributed by atoms with Gasteiger partial charge in [-0.3, -0.25) is 0 Å². The van der Waals surface area contributed by atoms with Crippen molar-refractivity contribution in [3.8, 4) is 0 Å². The molecule has 2 aromatic rings. The molecule has 0 heterocycles. The Morgan fingerprint density at radius 1 is 1.32 bits per heavy atom. The highest BCUT2D eigenvalue weighted by molar-refractivity contribution is 14.1. The zero-order valence-electron chi connectivity index (χ0n) is 9.84. The van der Waals surface area contributed by atoms with Crippen LogP contribution in [0.2, 0.25) is 5.02 Å². The smallest absolute Gasteiger partial charge is 0.137 e. The van der Waals surface area contributed by atoms with Crippen molar-refractivity contribution in [3.63, 3.8) is 0 Å². The predicted octanol–water partition coefficient (Wildman–Crippen LogP) is 5.09. The van der Waals surface area contributed by atoms with Crippen LogP contribution in [0.25, 0.3) is 0 Å². The quantitative estimate of drug-likeness (QED) is 0.643. The molecule has 0 amide bonds. The lowest BCUT2D eigenvalue weighted by molar-refractivity contribution is 0.614. The van der Waals surface area contributed by atoms with Crippen LogP contribution in [0, 0.1) is 9.39 Å². The molecule has 0 saturated carbocycles. The maximum absolute atomic E-state index is 13.5. The minimum atomic E-state index is -0.273. The second kappa shape index (κ2) is 6.52. The van der Waals surface area contributed by atoms with Crippen molar-refractivity contribution in [2.75, 3.05) is 0 Å². The molecule has 100 valence electrons. The van der Waals surface area contributed by atoms with E-state index in [1.165, 1.54) is 6.07 Å². The Bertz CT molecular complexity index is 606. The molecule has 1 unspecified atom stereocenters. The topological polar surface area (TPSA) is 26.0 Å². The average molecular weight is 455 g/mol. The van der Waals surface area contributed by atoms with Gasteiger partial charge < -0.3 is 5.73 Å². The lowest BCUT2D eigenvalue weighted by atomic mass is 10.00. The molecule has 0 fully saturated rings. The summed E-state index contributed by atoms with van der Waals surface area (Å²) in [6.45, 7) is 0. The first-order valence-electron chi connectivity index (χ1n) is 5.62. The third-order valence-corrected chi connectivity index (χ3v) is 4.93. The molecule has 2 aromatic carbocycles. The van der Waals surface area contributed by atoms with Gasteiger partial charge in [-0.25, -0.2) is 4.39 Å². The van der Waals surface area contributed by atoms with Gasteiger partial charge in [0.15, 0.2) is 0 Å². The zero-order chi connectivity index (χ0) is 14.0. The number of nitrogens with two attached hydrogens (primary N) is 1. The highest BCUT2D eigenvalue weighted by Gasteiger charge is 2.14. The number of benzene rings is 2. The lowest BCUT2D eigenvalue weighted by Gasteiger charge is -2.15. The molecule has 0 bridgehead atoms. The number of rotatable bonds is 3. The maximum Gasteiger partial charge on any atom is 0.137 e. The van der Waals surface area contributed by atoms with E-state index in [9.17, 15) is 4.39 Å². The summed E-state index contributed by atoms with van der Waals surface area (Å²) in [5, 5.41) is 0.657. The molecule has 0 radical (unpaired) electrons. The van der Waals surface area contributed by atoms with E-state index in [2.05, 4.69) is 38.5 Å². The van der Waals surface area contributed by atoms with Crippen LogP contribution in [0.4, 0.5) is 4.39 Å². The Morgan fingerprint density at radius 2 is 2.05 bits per heavy atom.